The Morgan fingerprint density at radius 3 is 1.60 bits per heavy atom. The van der Waals surface area contributed by atoms with Gasteiger partial charge in [-0.3, -0.25) is 4.79 Å². The SMILES string of the molecule is CO/C(C)=C(\C(C)=O)c1ccc2ccc3c(N(c4ccc5ccccc5c4)c4ccc5ccccc5c4)ccc4ccc1c2c43. The minimum absolute atomic E-state index is 0.0103. The molecule has 0 fully saturated rings. The van der Waals surface area contributed by atoms with Crippen molar-refractivity contribution in [3.05, 3.63) is 145 Å². The minimum Gasteiger partial charge on any atom is -0.501 e. The summed E-state index contributed by atoms with van der Waals surface area (Å²) < 4.78 is 5.58. The molecule has 0 radical (unpaired) electrons. The van der Waals surface area contributed by atoms with E-state index in [1.54, 1.807) is 14.0 Å². The van der Waals surface area contributed by atoms with E-state index in [2.05, 4.69) is 138 Å². The Morgan fingerprint density at radius 2 is 1.02 bits per heavy atom. The molecule has 0 amide bonds. The molecule has 3 heteroatoms. The minimum atomic E-state index is -0.0103. The molecule has 0 aromatic heterocycles. The zero-order valence-electron chi connectivity index (χ0n) is 25.5. The van der Waals surface area contributed by atoms with Gasteiger partial charge in [0.05, 0.1) is 18.4 Å². The molecule has 8 aromatic carbocycles. The smallest absolute Gasteiger partial charge is 0.163 e. The molecule has 0 unspecified atom stereocenters. The van der Waals surface area contributed by atoms with E-state index in [0.717, 1.165) is 49.6 Å². The van der Waals surface area contributed by atoms with Crippen LogP contribution in [0.25, 0.3) is 59.4 Å². The van der Waals surface area contributed by atoms with Gasteiger partial charge in [-0.25, -0.2) is 0 Å². The maximum Gasteiger partial charge on any atom is 0.163 e. The van der Waals surface area contributed by atoms with Crippen molar-refractivity contribution in [3.63, 3.8) is 0 Å². The third kappa shape index (κ3) is 4.31. The summed E-state index contributed by atoms with van der Waals surface area (Å²) >= 11 is 0. The molecule has 0 aliphatic rings. The zero-order chi connectivity index (χ0) is 30.7. The monoisotopic (exact) mass is 581 g/mol. The van der Waals surface area contributed by atoms with Gasteiger partial charge in [0, 0.05) is 16.8 Å². The molecular weight excluding hydrogens is 550 g/mol. The Morgan fingerprint density at radius 1 is 0.533 bits per heavy atom. The normalized spacial score (nSPS) is 12.3. The Kier molecular flexibility index (Phi) is 6.28. The Hall–Kier alpha value is -5.67. The molecule has 0 atom stereocenters. The molecule has 0 aliphatic heterocycles. The van der Waals surface area contributed by atoms with Crippen LogP contribution in [0, 0.1) is 0 Å². The van der Waals surface area contributed by atoms with Gasteiger partial charge < -0.3 is 9.64 Å². The molecule has 216 valence electrons. The molecule has 0 saturated carbocycles. The van der Waals surface area contributed by atoms with Crippen LogP contribution < -0.4 is 4.90 Å². The van der Waals surface area contributed by atoms with Crippen LogP contribution in [0.3, 0.4) is 0 Å². The summed E-state index contributed by atoms with van der Waals surface area (Å²) in [6.07, 6.45) is 0. The Balaban J connectivity index is 1.44. The van der Waals surface area contributed by atoms with Crippen LogP contribution >= 0.6 is 0 Å². The number of ether oxygens (including phenoxy) is 1. The van der Waals surface area contributed by atoms with Gasteiger partial charge in [0.2, 0.25) is 0 Å². The van der Waals surface area contributed by atoms with Crippen molar-refractivity contribution in [3.8, 4) is 0 Å². The topological polar surface area (TPSA) is 29.5 Å². The molecule has 0 heterocycles. The highest BCUT2D eigenvalue weighted by molar-refractivity contribution is 6.30. The summed E-state index contributed by atoms with van der Waals surface area (Å²) in [4.78, 5) is 15.3. The van der Waals surface area contributed by atoms with Crippen LogP contribution in [0.2, 0.25) is 0 Å². The molecule has 0 spiro atoms. The molecule has 0 saturated heterocycles. The second kappa shape index (κ2) is 10.5. The average molecular weight is 582 g/mol. The summed E-state index contributed by atoms with van der Waals surface area (Å²) in [7, 11) is 1.62. The van der Waals surface area contributed by atoms with Crippen molar-refractivity contribution in [2.24, 2.45) is 0 Å². The molecule has 45 heavy (non-hydrogen) atoms. The van der Waals surface area contributed by atoms with E-state index in [9.17, 15) is 4.79 Å². The van der Waals surface area contributed by atoms with Gasteiger partial charge in [0.1, 0.15) is 5.76 Å². The third-order valence-corrected chi connectivity index (χ3v) is 9.14. The summed E-state index contributed by atoms with van der Waals surface area (Å²) in [5.41, 5.74) is 4.80. The average Bonchev–Trinajstić information content (AvgIpc) is 3.08. The van der Waals surface area contributed by atoms with E-state index in [-0.39, 0.29) is 5.78 Å². The van der Waals surface area contributed by atoms with Crippen molar-refractivity contribution in [2.75, 3.05) is 12.0 Å². The summed E-state index contributed by atoms with van der Waals surface area (Å²) in [5.74, 6) is 0.612. The fourth-order valence-electron chi connectivity index (χ4n) is 6.99. The summed E-state index contributed by atoms with van der Waals surface area (Å²) in [5, 5.41) is 11.7. The maximum atomic E-state index is 12.9. The lowest BCUT2D eigenvalue weighted by atomic mass is 9.88. The third-order valence-electron chi connectivity index (χ3n) is 9.14. The van der Waals surface area contributed by atoms with Crippen LogP contribution in [0.15, 0.2) is 139 Å². The van der Waals surface area contributed by atoms with Crippen LogP contribution in [0.1, 0.15) is 19.4 Å². The van der Waals surface area contributed by atoms with Gasteiger partial charge in [0.15, 0.2) is 5.78 Å². The van der Waals surface area contributed by atoms with Gasteiger partial charge in [-0.15, -0.1) is 0 Å². The first-order valence-electron chi connectivity index (χ1n) is 15.3. The van der Waals surface area contributed by atoms with Gasteiger partial charge in [0.25, 0.3) is 0 Å². The lowest BCUT2D eigenvalue weighted by Gasteiger charge is -2.28. The number of allylic oxidation sites excluding steroid dienone is 2. The predicted octanol–water partition coefficient (Wildman–Crippen LogP) is 11.3. The first kappa shape index (κ1) is 26.9. The van der Waals surface area contributed by atoms with Crippen LogP contribution in [-0.4, -0.2) is 12.9 Å². The number of Topliss-reactive ketones (excluding diaryl/α,β-unsaturated/α-hetero) is 1. The zero-order valence-corrected chi connectivity index (χ0v) is 25.5. The van der Waals surface area contributed by atoms with E-state index in [4.69, 9.17) is 4.74 Å². The van der Waals surface area contributed by atoms with Crippen molar-refractivity contribution in [1.82, 2.24) is 0 Å². The molecule has 0 aliphatic carbocycles. The van der Waals surface area contributed by atoms with Crippen molar-refractivity contribution in [1.29, 1.82) is 0 Å². The second-order valence-corrected chi connectivity index (χ2v) is 11.7. The molecule has 8 aromatic rings. The van der Waals surface area contributed by atoms with Crippen LogP contribution in [-0.2, 0) is 9.53 Å². The quantitative estimate of drug-likeness (QED) is 0.111. The highest BCUT2D eigenvalue weighted by Gasteiger charge is 2.22. The van der Waals surface area contributed by atoms with E-state index in [1.807, 2.05) is 6.92 Å². The fraction of sp³-hybridized carbons (Fsp3) is 0.0714. The number of hydrogen-bond acceptors (Lipinski definition) is 3. The number of rotatable bonds is 6. The number of anilines is 3. The number of ketones is 1. The van der Waals surface area contributed by atoms with Crippen LogP contribution in [0.5, 0.6) is 0 Å². The lowest BCUT2D eigenvalue weighted by molar-refractivity contribution is -0.111. The first-order valence-corrected chi connectivity index (χ1v) is 15.3. The molecule has 0 N–H and O–H groups in total. The molecular formula is C42H31NO2. The van der Waals surface area contributed by atoms with Crippen molar-refractivity contribution < 1.29 is 9.53 Å². The van der Waals surface area contributed by atoms with Crippen molar-refractivity contribution >= 4 is 82.3 Å². The number of hydrogen-bond donors (Lipinski definition) is 0. The van der Waals surface area contributed by atoms with Gasteiger partial charge in [-0.2, -0.15) is 0 Å². The van der Waals surface area contributed by atoms with E-state index >= 15 is 0 Å². The Bertz CT molecular complexity index is 2390. The molecule has 0 bridgehead atoms. The van der Waals surface area contributed by atoms with E-state index in [1.165, 1.54) is 26.9 Å². The van der Waals surface area contributed by atoms with E-state index in [0.29, 0.717) is 11.3 Å². The number of benzene rings is 8. The summed E-state index contributed by atoms with van der Waals surface area (Å²) in [6, 6.07) is 47.8. The highest BCUT2D eigenvalue weighted by Crippen LogP contribution is 2.46. The number of carbonyl (C=O) groups excluding carboxylic acids is 1. The van der Waals surface area contributed by atoms with E-state index < -0.39 is 0 Å². The first-order chi connectivity index (χ1) is 22.0. The second-order valence-electron chi connectivity index (χ2n) is 11.7. The number of fused-ring (bicyclic) bond motifs is 2. The fourth-order valence-corrected chi connectivity index (χ4v) is 6.99. The Labute approximate surface area is 261 Å². The molecule has 8 rings (SSSR count). The largest absolute Gasteiger partial charge is 0.501 e. The number of methoxy groups -OCH3 is 1. The maximum absolute atomic E-state index is 12.9. The lowest BCUT2D eigenvalue weighted by Crippen LogP contribution is -2.10. The summed E-state index contributed by atoms with van der Waals surface area (Å²) in [6.45, 7) is 3.47. The predicted molar refractivity (Wildman–Crippen MR) is 190 cm³/mol. The highest BCUT2D eigenvalue weighted by atomic mass is 16.5. The van der Waals surface area contributed by atoms with Gasteiger partial charge >= 0.3 is 0 Å². The standard InChI is InChI=1S/C42H31NO2/c1-26(44)40(27(2)45-3)36-20-14-30-16-22-38-39(23-17-31-15-21-37(36)41(30)42(31)38)43(34-18-12-28-8-4-6-10-32(28)24-34)35-19-13-29-9-5-7-11-33(29)25-35/h4-25H,1-3H3/b40-27+. The van der Waals surface area contributed by atoms with Gasteiger partial charge in [-0.1, -0.05) is 103 Å². The molecule has 3 nitrogen and oxygen atoms in total. The van der Waals surface area contributed by atoms with Gasteiger partial charge in [-0.05, 0) is 98.2 Å². The van der Waals surface area contributed by atoms with Crippen LogP contribution in [0.4, 0.5) is 17.1 Å². The number of nitrogens with zero attached hydrogens (tertiary/aromatic N) is 1. The van der Waals surface area contributed by atoms with Crippen molar-refractivity contribution in [2.45, 2.75) is 13.8 Å². The number of carbonyl (C=O) groups is 1.